The van der Waals surface area contributed by atoms with Gasteiger partial charge in [0, 0.05) is 0 Å². The van der Waals surface area contributed by atoms with Crippen LogP contribution in [0.25, 0.3) is 21.5 Å². The molecule has 0 fully saturated rings. The van der Waals surface area contributed by atoms with Gasteiger partial charge in [0.15, 0.2) is 0 Å². The smallest absolute Gasteiger partial charge is 0.000809 e. The molecule has 0 aromatic heterocycles. The molecule has 0 spiro atoms. The van der Waals surface area contributed by atoms with Crippen LogP contribution < -0.4 is 0 Å². The van der Waals surface area contributed by atoms with Crippen molar-refractivity contribution in [1.82, 2.24) is 0 Å². The zero-order valence-electron chi connectivity index (χ0n) is 20.4. The number of aryl methyl sites for hydroxylation is 3. The fraction of sp³-hybridized carbons (Fsp3) is 0.333. The molecular weight excluding hydrogens is 360 g/mol. The molecular formula is C30H38. The van der Waals surface area contributed by atoms with Crippen LogP contribution in [0, 0.1) is 34.6 Å². The molecule has 0 N–H and O–H groups in total. The number of rotatable bonds is 2. The van der Waals surface area contributed by atoms with Gasteiger partial charge in [0.25, 0.3) is 0 Å². The molecule has 0 aliphatic rings. The van der Waals surface area contributed by atoms with E-state index in [1.165, 1.54) is 60.5 Å². The summed E-state index contributed by atoms with van der Waals surface area (Å²) < 4.78 is 0. The molecule has 0 aliphatic carbocycles. The molecule has 0 amide bonds. The van der Waals surface area contributed by atoms with Crippen molar-refractivity contribution in [3.05, 3.63) is 93.5 Å². The molecule has 0 atom stereocenters. The van der Waals surface area contributed by atoms with Gasteiger partial charge in [-0.3, -0.25) is 0 Å². The van der Waals surface area contributed by atoms with Crippen molar-refractivity contribution in [2.24, 2.45) is 0 Å². The van der Waals surface area contributed by atoms with Crippen LogP contribution in [-0.4, -0.2) is 0 Å². The lowest BCUT2D eigenvalue weighted by Crippen LogP contribution is -2.02. The number of fused-ring (bicyclic) bond motifs is 2. The van der Waals surface area contributed by atoms with E-state index in [4.69, 9.17) is 0 Å². The van der Waals surface area contributed by atoms with Crippen LogP contribution in [0.15, 0.2) is 54.6 Å². The quantitative estimate of drug-likeness (QED) is 0.316. The highest BCUT2D eigenvalue weighted by Gasteiger charge is 2.15. The SMILES string of the molecule is CC.CC.Cc1cc(C)c2ccccc2c1Cc1c(C)c(C)c(C)c2ccccc12. The first-order valence-corrected chi connectivity index (χ1v) is 11.4. The van der Waals surface area contributed by atoms with Crippen molar-refractivity contribution in [1.29, 1.82) is 0 Å². The molecule has 0 bridgehead atoms. The molecule has 30 heavy (non-hydrogen) atoms. The Labute approximate surface area is 184 Å². The Hall–Kier alpha value is -2.60. The Kier molecular flexibility index (Phi) is 8.24. The van der Waals surface area contributed by atoms with E-state index in [1.54, 1.807) is 0 Å². The second-order valence-corrected chi connectivity index (χ2v) is 7.61. The summed E-state index contributed by atoms with van der Waals surface area (Å²) in [7, 11) is 0. The molecule has 0 radical (unpaired) electrons. The van der Waals surface area contributed by atoms with Gasteiger partial charge < -0.3 is 0 Å². The maximum atomic E-state index is 2.34. The van der Waals surface area contributed by atoms with Gasteiger partial charge in [-0.1, -0.05) is 82.3 Å². The fourth-order valence-corrected chi connectivity index (χ4v) is 4.42. The highest BCUT2D eigenvalue weighted by atomic mass is 14.2. The van der Waals surface area contributed by atoms with Crippen LogP contribution in [0.4, 0.5) is 0 Å². The summed E-state index contributed by atoms with van der Waals surface area (Å²) in [6.07, 6.45) is 0.986. The summed E-state index contributed by atoms with van der Waals surface area (Å²) in [5, 5.41) is 5.56. The van der Waals surface area contributed by atoms with E-state index in [-0.39, 0.29) is 0 Å². The maximum absolute atomic E-state index is 2.34. The van der Waals surface area contributed by atoms with E-state index in [0.717, 1.165) is 6.42 Å². The Morgan fingerprint density at radius 1 is 0.467 bits per heavy atom. The Bertz CT molecular complexity index is 1150. The van der Waals surface area contributed by atoms with Crippen LogP contribution >= 0.6 is 0 Å². The second kappa shape index (κ2) is 10.4. The molecule has 4 aromatic rings. The van der Waals surface area contributed by atoms with E-state index in [9.17, 15) is 0 Å². The maximum Gasteiger partial charge on any atom is -0.000809 e. The van der Waals surface area contributed by atoms with Gasteiger partial charge in [0.05, 0.1) is 0 Å². The van der Waals surface area contributed by atoms with E-state index >= 15 is 0 Å². The second-order valence-electron chi connectivity index (χ2n) is 7.61. The summed E-state index contributed by atoms with van der Waals surface area (Å²) >= 11 is 0. The van der Waals surface area contributed by atoms with Crippen molar-refractivity contribution in [2.45, 2.75) is 68.7 Å². The van der Waals surface area contributed by atoms with Gasteiger partial charge in [-0.25, -0.2) is 0 Å². The lowest BCUT2D eigenvalue weighted by Gasteiger charge is -2.19. The lowest BCUT2D eigenvalue weighted by molar-refractivity contribution is 1.14. The standard InChI is InChI=1S/C26H26.2C2H6/c1-16-14-17(2)25(23-12-8-6-10-21(16)23)15-26-20(5)18(3)19(4)22-11-7-9-13-24(22)26;2*1-2/h6-14H,15H2,1-5H3;2*1-2H3. The minimum Gasteiger partial charge on any atom is -0.0683 e. The predicted molar refractivity (Wildman–Crippen MR) is 137 cm³/mol. The van der Waals surface area contributed by atoms with Gasteiger partial charge in [-0.2, -0.15) is 0 Å². The van der Waals surface area contributed by atoms with Crippen molar-refractivity contribution >= 4 is 21.5 Å². The van der Waals surface area contributed by atoms with E-state index in [1.807, 2.05) is 27.7 Å². The van der Waals surface area contributed by atoms with E-state index in [2.05, 4.69) is 89.2 Å². The molecule has 0 heteroatoms. The topological polar surface area (TPSA) is 0 Å². The van der Waals surface area contributed by atoms with Crippen LogP contribution in [0.3, 0.4) is 0 Å². The summed E-state index contributed by atoms with van der Waals surface area (Å²) in [5.41, 5.74) is 9.96. The van der Waals surface area contributed by atoms with Gasteiger partial charge in [0.1, 0.15) is 0 Å². The molecule has 4 aromatic carbocycles. The van der Waals surface area contributed by atoms with Crippen molar-refractivity contribution in [3.8, 4) is 0 Å². The largest absolute Gasteiger partial charge is 0.0683 e. The Balaban J connectivity index is 0.000000757. The Morgan fingerprint density at radius 3 is 1.50 bits per heavy atom. The number of hydrogen-bond donors (Lipinski definition) is 0. The number of hydrogen-bond acceptors (Lipinski definition) is 0. The third-order valence-corrected chi connectivity index (χ3v) is 6.17. The van der Waals surface area contributed by atoms with Gasteiger partial charge in [-0.15, -0.1) is 0 Å². The minimum absolute atomic E-state index is 0.986. The zero-order valence-corrected chi connectivity index (χ0v) is 20.4. The summed E-state index contributed by atoms with van der Waals surface area (Å²) in [6.45, 7) is 19.3. The Morgan fingerprint density at radius 2 is 0.933 bits per heavy atom. The molecule has 0 nitrogen and oxygen atoms in total. The van der Waals surface area contributed by atoms with Crippen LogP contribution in [0.5, 0.6) is 0 Å². The van der Waals surface area contributed by atoms with Crippen molar-refractivity contribution < 1.29 is 0 Å². The summed E-state index contributed by atoms with van der Waals surface area (Å²) in [5.74, 6) is 0. The van der Waals surface area contributed by atoms with Crippen LogP contribution in [0.2, 0.25) is 0 Å². The van der Waals surface area contributed by atoms with E-state index < -0.39 is 0 Å². The lowest BCUT2D eigenvalue weighted by atomic mass is 9.85. The fourth-order valence-electron chi connectivity index (χ4n) is 4.42. The average molecular weight is 399 g/mol. The van der Waals surface area contributed by atoms with Crippen molar-refractivity contribution in [3.63, 3.8) is 0 Å². The van der Waals surface area contributed by atoms with Gasteiger partial charge in [-0.05, 0) is 102 Å². The van der Waals surface area contributed by atoms with Gasteiger partial charge >= 0.3 is 0 Å². The third-order valence-electron chi connectivity index (χ3n) is 6.17. The van der Waals surface area contributed by atoms with E-state index in [0.29, 0.717) is 0 Å². The predicted octanol–water partition coefficient (Wildman–Crippen LogP) is 9.18. The molecule has 158 valence electrons. The third kappa shape index (κ3) is 4.29. The average Bonchev–Trinajstić information content (AvgIpc) is 2.80. The first-order chi connectivity index (χ1) is 14.5. The zero-order chi connectivity index (χ0) is 22.4. The summed E-state index contributed by atoms with van der Waals surface area (Å²) in [6, 6.07) is 20.1. The highest BCUT2D eigenvalue weighted by Crippen LogP contribution is 2.34. The van der Waals surface area contributed by atoms with Crippen LogP contribution in [0.1, 0.15) is 66.6 Å². The monoisotopic (exact) mass is 398 g/mol. The molecule has 0 saturated carbocycles. The molecule has 0 aliphatic heterocycles. The molecule has 0 saturated heterocycles. The number of benzene rings is 4. The normalized spacial score (nSPS) is 10.3. The minimum atomic E-state index is 0.986. The molecule has 4 rings (SSSR count). The van der Waals surface area contributed by atoms with Gasteiger partial charge in [0.2, 0.25) is 0 Å². The van der Waals surface area contributed by atoms with Crippen LogP contribution in [-0.2, 0) is 6.42 Å². The molecule has 0 unspecified atom stereocenters. The molecule has 0 heterocycles. The van der Waals surface area contributed by atoms with Crippen molar-refractivity contribution in [2.75, 3.05) is 0 Å². The summed E-state index contributed by atoms with van der Waals surface area (Å²) in [4.78, 5) is 0. The highest BCUT2D eigenvalue weighted by molar-refractivity contribution is 5.93. The first kappa shape index (κ1) is 23.7. The first-order valence-electron chi connectivity index (χ1n) is 11.4.